The van der Waals surface area contributed by atoms with Crippen molar-refractivity contribution in [1.82, 2.24) is 9.88 Å². The summed E-state index contributed by atoms with van der Waals surface area (Å²) in [5.41, 5.74) is 0. The van der Waals surface area contributed by atoms with E-state index in [4.69, 9.17) is 4.42 Å². The lowest BCUT2D eigenvalue weighted by atomic mass is 10.2. The van der Waals surface area contributed by atoms with Crippen LogP contribution in [0.4, 0.5) is 5.82 Å². The first-order chi connectivity index (χ1) is 12.2. The van der Waals surface area contributed by atoms with Gasteiger partial charge in [0.1, 0.15) is 17.3 Å². The Morgan fingerprint density at radius 3 is 2.68 bits per heavy atom. The summed E-state index contributed by atoms with van der Waals surface area (Å²) in [5, 5.41) is 0. The summed E-state index contributed by atoms with van der Waals surface area (Å²) in [6, 6.07) is 10.1. The molecule has 0 radical (unpaired) electrons. The van der Waals surface area contributed by atoms with E-state index < -0.39 is 0 Å². The van der Waals surface area contributed by atoms with Crippen molar-refractivity contribution in [2.24, 2.45) is 5.92 Å². The van der Waals surface area contributed by atoms with Gasteiger partial charge >= 0.3 is 0 Å². The van der Waals surface area contributed by atoms with E-state index in [1.165, 1.54) is 6.42 Å². The number of furan rings is 1. The molecule has 5 nitrogen and oxygen atoms in total. The average molecular weight is 339 g/mol. The highest BCUT2D eigenvalue weighted by atomic mass is 16.3. The summed E-state index contributed by atoms with van der Waals surface area (Å²) in [4.78, 5) is 21.1. The minimum absolute atomic E-state index is 0.221. The lowest BCUT2D eigenvalue weighted by Gasteiger charge is -2.35. The first-order valence-corrected chi connectivity index (χ1v) is 9.23. The molecule has 1 amide bonds. The molecule has 4 rings (SSSR count). The van der Waals surface area contributed by atoms with Gasteiger partial charge in [-0.05, 0) is 36.6 Å². The second-order valence-electron chi connectivity index (χ2n) is 7.18. The van der Waals surface area contributed by atoms with Gasteiger partial charge in [-0.25, -0.2) is 4.98 Å². The molecule has 0 bridgehead atoms. The second kappa shape index (κ2) is 6.90. The van der Waals surface area contributed by atoms with E-state index in [1.54, 1.807) is 0 Å². The summed E-state index contributed by atoms with van der Waals surface area (Å²) >= 11 is 0. The monoisotopic (exact) mass is 339 g/mol. The predicted molar refractivity (Wildman–Crippen MR) is 96.6 cm³/mol. The van der Waals surface area contributed by atoms with Crippen LogP contribution in [-0.4, -0.2) is 42.0 Å². The summed E-state index contributed by atoms with van der Waals surface area (Å²) < 4.78 is 5.90. The van der Waals surface area contributed by atoms with Crippen molar-refractivity contribution in [2.45, 2.75) is 32.1 Å². The third-order valence-electron chi connectivity index (χ3n) is 5.35. The smallest absolute Gasteiger partial charge is 0.223 e. The van der Waals surface area contributed by atoms with Gasteiger partial charge in [0.2, 0.25) is 5.91 Å². The van der Waals surface area contributed by atoms with Crippen LogP contribution in [0.5, 0.6) is 0 Å². The highest BCUT2D eigenvalue weighted by molar-refractivity contribution is 5.76. The second-order valence-corrected chi connectivity index (χ2v) is 7.18. The molecule has 132 valence electrons. The summed E-state index contributed by atoms with van der Waals surface area (Å²) in [7, 11) is 0. The molecule has 0 aromatic carbocycles. The van der Waals surface area contributed by atoms with Crippen LogP contribution >= 0.6 is 0 Å². The first kappa shape index (κ1) is 16.2. The Morgan fingerprint density at radius 2 is 2.00 bits per heavy atom. The lowest BCUT2D eigenvalue weighted by Crippen LogP contribution is -2.49. The van der Waals surface area contributed by atoms with E-state index in [9.17, 15) is 4.79 Å². The number of nitrogens with zero attached hydrogens (tertiary/aromatic N) is 3. The molecule has 1 aliphatic heterocycles. The fraction of sp³-hybridized carbons (Fsp3) is 0.500. The lowest BCUT2D eigenvalue weighted by molar-refractivity contribution is -0.131. The number of piperazine rings is 1. The van der Waals surface area contributed by atoms with Gasteiger partial charge in [-0.1, -0.05) is 13.0 Å². The van der Waals surface area contributed by atoms with Gasteiger partial charge in [0.15, 0.2) is 0 Å². The molecule has 1 saturated carbocycles. The number of hydrogen-bond acceptors (Lipinski definition) is 4. The standard InChI is InChI=1S/C20H25N3O2/c1-15-14-17(15)18-7-5-16(25-18)6-8-20(24)23-12-10-22(11-13-23)19-4-2-3-9-21-19/h2-5,7,9,15,17H,6,8,10-14H2,1H3. The molecule has 0 spiro atoms. The molecule has 2 aliphatic rings. The Labute approximate surface area is 148 Å². The van der Waals surface area contributed by atoms with Crippen LogP contribution in [0.1, 0.15) is 37.2 Å². The molecule has 0 N–H and O–H groups in total. The van der Waals surface area contributed by atoms with Crippen molar-refractivity contribution in [1.29, 1.82) is 0 Å². The first-order valence-electron chi connectivity index (χ1n) is 9.23. The molecule has 2 aromatic heterocycles. The quantitative estimate of drug-likeness (QED) is 0.840. The summed E-state index contributed by atoms with van der Waals surface area (Å²) in [5.74, 6) is 4.60. The minimum atomic E-state index is 0.221. The van der Waals surface area contributed by atoms with Crippen molar-refractivity contribution in [3.8, 4) is 0 Å². The van der Waals surface area contributed by atoms with E-state index in [0.717, 1.165) is 49.4 Å². The molecule has 2 atom stereocenters. The van der Waals surface area contributed by atoms with Crippen LogP contribution in [-0.2, 0) is 11.2 Å². The molecular formula is C20H25N3O2. The molecule has 2 unspecified atom stereocenters. The van der Waals surface area contributed by atoms with Crippen LogP contribution in [0.15, 0.2) is 40.9 Å². The van der Waals surface area contributed by atoms with Crippen molar-refractivity contribution < 1.29 is 9.21 Å². The van der Waals surface area contributed by atoms with Crippen LogP contribution < -0.4 is 4.90 Å². The zero-order valence-electron chi connectivity index (χ0n) is 14.7. The van der Waals surface area contributed by atoms with Crippen molar-refractivity contribution in [3.05, 3.63) is 48.0 Å². The SMILES string of the molecule is CC1CC1c1ccc(CCC(=O)N2CCN(c3ccccn3)CC2)o1. The maximum absolute atomic E-state index is 12.5. The molecule has 25 heavy (non-hydrogen) atoms. The van der Waals surface area contributed by atoms with E-state index in [0.29, 0.717) is 18.8 Å². The number of pyridine rings is 1. The van der Waals surface area contributed by atoms with Gasteiger partial charge < -0.3 is 14.2 Å². The van der Waals surface area contributed by atoms with Gasteiger partial charge in [-0.2, -0.15) is 0 Å². The fourth-order valence-corrected chi connectivity index (χ4v) is 3.56. The van der Waals surface area contributed by atoms with Crippen LogP contribution in [0.2, 0.25) is 0 Å². The number of aryl methyl sites for hydroxylation is 1. The number of aromatic nitrogens is 1. The summed E-state index contributed by atoms with van der Waals surface area (Å²) in [6.07, 6.45) is 4.26. The minimum Gasteiger partial charge on any atom is -0.466 e. The molecule has 1 saturated heterocycles. The maximum Gasteiger partial charge on any atom is 0.223 e. The van der Waals surface area contributed by atoms with Crippen LogP contribution in [0, 0.1) is 5.92 Å². The van der Waals surface area contributed by atoms with Crippen LogP contribution in [0.3, 0.4) is 0 Å². The third-order valence-corrected chi connectivity index (χ3v) is 5.35. The van der Waals surface area contributed by atoms with Crippen molar-refractivity contribution in [2.75, 3.05) is 31.1 Å². The predicted octanol–water partition coefficient (Wildman–Crippen LogP) is 3.08. The summed E-state index contributed by atoms with van der Waals surface area (Å²) in [6.45, 7) is 5.46. The number of rotatable bonds is 5. The van der Waals surface area contributed by atoms with Gasteiger partial charge in [-0.15, -0.1) is 0 Å². The highest BCUT2D eigenvalue weighted by Crippen LogP contribution is 2.47. The number of carbonyl (C=O) groups is 1. The Bertz CT molecular complexity index is 720. The number of carbonyl (C=O) groups excluding carboxylic acids is 1. The molecule has 2 fully saturated rings. The highest BCUT2D eigenvalue weighted by Gasteiger charge is 2.36. The van der Waals surface area contributed by atoms with Crippen molar-refractivity contribution >= 4 is 11.7 Å². The normalized spacial score (nSPS) is 22.9. The maximum atomic E-state index is 12.5. The van der Waals surface area contributed by atoms with E-state index in [-0.39, 0.29) is 5.91 Å². The van der Waals surface area contributed by atoms with E-state index >= 15 is 0 Å². The largest absolute Gasteiger partial charge is 0.466 e. The van der Waals surface area contributed by atoms with E-state index in [2.05, 4.69) is 22.9 Å². The Morgan fingerprint density at radius 1 is 1.20 bits per heavy atom. The van der Waals surface area contributed by atoms with E-state index in [1.807, 2.05) is 35.4 Å². The molecular weight excluding hydrogens is 314 g/mol. The van der Waals surface area contributed by atoms with Crippen molar-refractivity contribution in [3.63, 3.8) is 0 Å². The zero-order chi connectivity index (χ0) is 17.2. The van der Waals surface area contributed by atoms with Crippen LogP contribution in [0.25, 0.3) is 0 Å². The fourth-order valence-electron chi connectivity index (χ4n) is 3.56. The Kier molecular flexibility index (Phi) is 4.47. The third kappa shape index (κ3) is 3.70. The number of anilines is 1. The van der Waals surface area contributed by atoms with Gasteiger partial charge in [0.05, 0.1) is 0 Å². The average Bonchev–Trinajstić information content (AvgIpc) is 3.20. The topological polar surface area (TPSA) is 49.6 Å². The number of amides is 1. The van der Waals surface area contributed by atoms with Gasteiger partial charge in [0.25, 0.3) is 0 Å². The van der Waals surface area contributed by atoms with Gasteiger partial charge in [-0.3, -0.25) is 4.79 Å². The Balaban J connectivity index is 1.24. The van der Waals surface area contributed by atoms with Gasteiger partial charge in [0, 0.05) is 51.1 Å². The number of hydrogen-bond donors (Lipinski definition) is 0. The Hall–Kier alpha value is -2.30. The molecule has 5 heteroatoms. The molecule has 1 aliphatic carbocycles. The molecule has 3 heterocycles. The molecule has 2 aromatic rings. The zero-order valence-corrected chi connectivity index (χ0v) is 14.7.